The lowest BCUT2D eigenvalue weighted by Crippen LogP contribution is -2.05. The van der Waals surface area contributed by atoms with Crippen LogP contribution in [0.5, 0.6) is 5.75 Å². The van der Waals surface area contributed by atoms with Crippen molar-refractivity contribution in [3.8, 4) is 16.9 Å². The molecule has 114 valence electrons. The summed E-state index contributed by atoms with van der Waals surface area (Å²) in [5.74, 6) is -0.114. The molecule has 0 fully saturated rings. The molecule has 2 heteroatoms. The molecule has 0 aliphatic carbocycles. The molecule has 3 rings (SSSR count). The lowest BCUT2D eigenvalue weighted by atomic mass is 9.93. The normalized spacial score (nSPS) is 10.5. The van der Waals surface area contributed by atoms with E-state index in [9.17, 15) is 9.90 Å². The van der Waals surface area contributed by atoms with Crippen LogP contribution in [0.4, 0.5) is 0 Å². The van der Waals surface area contributed by atoms with Crippen LogP contribution in [0, 0.1) is 13.8 Å². The quantitative estimate of drug-likeness (QED) is 0.698. The summed E-state index contributed by atoms with van der Waals surface area (Å²) in [6, 6.07) is 20.7. The molecule has 0 aliphatic heterocycles. The van der Waals surface area contributed by atoms with Crippen LogP contribution in [0.15, 0.2) is 66.7 Å². The molecule has 0 saturated carbocycles. The van der Waals surface area contributed by atoms with Gasteiger partial charge in [-0.3, -0.25) is 4.79 Å². The number of benzene rings is 3. The second kappa shape index (κ2) is 6.09. The van der Waals surface area contributed by atoms with Gasteiger partial charge in [-0.25, -0.2) is 0 Å². The fraction of sp³-hybridized carbons (Fsp3) is 0.0952. The molecule has 23 heavy (non-hydrogen) atoms. The van der Waals surface area contributed by atoms with E-state index in [1.807, 2.05) is 68.4 Å². The number of rotatable bonds is 3. The maximum Gasteiger partial charge on any atom is 0.197 e. The Balaban J connectivity index is 2.16. The number of aryl methyl sites for hydroxylation is 2. The van der Waals surface area contributed by atoms with Crippen LogP contribution in [-0.4, -0.2) is 10.9 Å². The molecule has 0 aromatic heterocycles. The topological polar surface area (TPSA) is 37.3 Å². The Labute approximate surface area is 136 Å². The number of hydrogen-bond donors (Lipinski definition) is 1. The van der Waals surface area contributed by atoms with Gasteiger partial charge in [0.05, 0.1) is 5.56 Å². The molecule has 0 unspecified atom stereocenters. The van der Waals surface area contributed by atoms with Crippen molar-refractivity contribution in [2.75, 3.05) is 0 Å². The molecular weight excluding hydrogens is 284 g/mol. The first kappa shape index (κ1) is 15.0. The first-order chi connectivity index (χ1) is 11.1. The minimum absolute atomic E-state index is 0.0371. The minimum atomic E-state index is -0.151. The molecule has 0 amide bonds. The third kappa shape index (κ3) is 2.88. The summed E-state index contributed by atoms with van der Waals surface area (Å²) in [5.41, 5.74) is 4.39. The largest absolute Gasteiger partial charge is 0.507 e. The number of phenolic OH excluding ortho intramolecular Hbond substituents is 1. The molecule has 2 nitrogen and oxygen atoms in total. The van der Waals surface area contributed by atoms with Crippen molar-refractivity contribution in [1.29, 1.82) is 0 Å². The highest BCUT2D eigenvalue weighted by atomic mass is 16.3. The van der Waals surface area contributed by atoms with E-state index in [2.05, 4.69) is 0 Å². The molecule has 0 spiro atoms. The fourth-order valence-electron chi connectivity index (χ4n) is 2.76. The zero-order valence-electron chi connectivity index (χ0n) is 13.2. The van der Waals surface area contributed by atoms with Gasteiger partial charge in [0.15, 0.2) is 5.78 Å². The van der Waals surface area contributed by atoms with Crippen LogP contribution >= 0.6 is 0 Å². The van der Waals surface area contributed by atoms with Crippen molar-refractivity contribution in [1.82, 2.24) is 0 Å². The summed E-state index contributed by atoms with van der Waals surface area (Å²) in [6.07, 6.45) is 0. The molecule has 0 atom stereocenters. The van der Waals surface area contributed by atoms with Crippen LogP contribution < -0.4 is 0 Å². The van der Waals surface area contributed by atoms with Gasteiger partial charge in [0.2, 0.25) is 0 Å². The van der Waals surface area contributed by atoms with Gasteiger partial charge in [-0.05, 0) is 42.7 Å². The Morgan fingerprint density at radius 1 is 0.826 bits per heavy atom. The number of aromatic hydroxyl groups is 1. The van der Waals surface area contributed by atoms with Crippen LogP contribution in [0.2, 0.25) is 0 Å². The van der Waals surface area contributed by atoms with Gasteiger partial charge in [0, 0.05) is 11.1 Å². The highest BCUT2D eigenvalue weighted by Gasteiger charge is 2.19. The van der Waals surface area contributed by atoms with E-state index < -0.39 is 0 Å². The fourth-order valence-corrected chi connectivity index (χ4v) is 2.76. The van der Waals surface area contributed by atoms with Crippen molar-refractivity contribution in [2.45, 2.75) is 13.8 Å². The van der Waals surface area contributed by atoms with E-state index in [1.165, 1.54) is 0 Å². The van der Waals surface area contributed by atoms with Crippen molar-refractivity contribution in [2.24, 2.45) is 0 Å². The van der Waals surface area contributed by atoms with E-state index in [0.29, 0.717) is 16.7 Å². The molecule has 0 bridgehead atoms. The number of hydrogen-bond acceptors (Lipinski definition) is 2. The Hall–Kier alpha value is -2.87. The standard InChI is InChI=1S/C21H18O2/c1-14-12-18(16-9-4-3-5-10-16)21(23)19(13-14)20(22)17-11-7-6-8-15(17)2/h3-13,23H,1-2H3. The predicted molar refractivity (Wildman–Crippen MR) is 92.9 cm³/mol. The van der Waals surface area contributed by atoms with E-state index in [-0.39, 0.29) is 11.5 Å². The van der Waals surface area contributed by atoms with Crippen LogP contribution in [0.1, 0.15) is 27.0 Å². The third-order valence-electron chi connectivity index (χ3n) is 3.97. The predicted octanol–water partition coefficient (Wildman–Crippen LogP) is 4.91. The molecular formula is C21H18O2. The number of ketones is 1. The second-order valence-corrected chi connectivity index (χ2v) is 5.72. The smallest absolute Gasteiger partial charge is 0.197 e. The molecule has 0 aliphatic rings. The second-order valence-electron chi connectivity index (χ2n) is 5.72. The average molecular weight is 302 g/mol. The van der Waals surface area contributed by atoms with Crippen LogP contribution in [0.3, 0.4) is 0 Å². The van der Waals surface area contributed by atoms with Crippen molar-refractivity contribution >= 4 is 5.78 Å². The Kier molecular flexibility index (Phi) is 3.98. The summed E-state index contributed by atoms with van der Waals surface area (Å²) >= 11 is 0. The summed E-state index contributed by atoms with van der Waals surface area (Å²) in [6.45, 7) is 3.83. The number of phenols is 1. The Morgan fingerprint density at radius 3 is 2.17 bits per heavy atom. The summed E-state index contributed by atoms with van der Waals surface area (Å²) in [5, 5.41) is 10.7. The van der Waals surface area contributed by atoms with Crippen LogP contribution in [-0.2, 0) is 0 Å². The van der Waals surface area contributed by atoms with Gasteiger partial charge < -0.3 is 5.11 Å². The zero-order valence-corrected chi connectivity index (χ0v) is 13.2. The summed E-state index contributed by atoms with van der Waals surface area (Å²) < 4.78 is 0. The van der Waals surface area contributed by atoms with Crippen molar-refractivity contribution in [3.63, 3.8) is 0 Å². The zero-order chi connectivity index (χ0) is 16.4. The molecule has 0 heterocycles. The van der Waals surface area contributed by atoms with E-state index in [4.69, 9.17) is 0 Å². The van der Waals surface area contributed by atoms with Crippen molar-refractivity contribution < 1.29 is 9.90 Å². The van der Waals surface area contributed by atoms with Gasteiger partial charge in [0.25, 0.3) is 0 Å². The summed E-state index contributed by atoms with van der Waals surface area (Å²) in [7, 11) is 0. The minimum Gasteiger partial charge on any atom is -0.507 e. The first-order valence-electron chi connectivity index (χ1n) is 7.57. The number of carbonyl (C=O) groups is 1. The highest BCUT2D eigenvalue weighted by Crippen LogP contribution is 2.34. The van der Waals surface area contributed by atoms with Gasteiger partial charge in [0.1, 0.15) is 5.75 Å². The maximum absolute atomic E-state index is 12.9. The molecule has 3 aromatic carbocycles. The highest BCUT2D eigenvalue weighted by molar-refractivity contribution is 6.12. The van der Waals surface area contributed by atoms with E-state index >= 15 is 0 Å². The van der Waals surface area contributed by atoms with Gasteiger partial charge in [-0.2, -0.15) is 0 Å². The molecule has 0 radical (unpaired) electrons. The Morgan fingerprint density at radius 2 is 1.48 bits per heavy atom. The van der Waals surface area contributed by atoms with Crippen LogP contribution in [0.25, 0.3) is 11.1 Å². The van der Waals surface area contributed by atoms with Gasteiger partial charge >= 0.3 is 0 Å². The number of carbonyl (C=O) groups excluding carboxylic acids is 1. The monoisotopic (exact) mass is 302 g/mol. The molecule has 3 aromatic rings. The van der Waals surface area contributed by atoms with Gasteiger partial charge in [-0.15, -0.1) is 0 Å². The SMILES string of the molecule is Cc1cc(C(=O)c2ccccc2C)c(O)c(-c2ccccc2)c1. The van der Waals surface area contributed by atoms with Gasteiger partial charge in [-0.1, -0.05) is 54.6 Å². The lowest BCUT2D eigenvalue weighted by Gasteiger charge is -2.12. The Bertz CT molecular complexity index is 864. The molecule has 1 N–H and O–H groups in total. The van der Waals surface area contributed by atoms with E-state index in [1.54, 1.807) is 12.1 Å². The maximum atomic E-state index is 12.9. The summed E-state index contributed by atoms with van der Waals surface area (Å²) in [4.78, 5) is 12.9. The van der Waals surface area contributed by atoms with Crippen molar-refractivity contribution in [3.05, 3.63) is 89.0 Å². The molecule has 0 saturated heterocycles. The lowest BCUT2D eigenvalue weighted by molar-refractivity contribution is 0.103. The van der Waals surface area contributed by atoms with E-state index in [0.717, 1.165) is 16.7 Å². The third-order valence-corrected chi connectivity index (χ3v) is 3.97. The average Bonchev–Trinajstić information content (AvgIpc) is 2.57. The first-order valence-corrected chi connectivity index (χ1v) is 7.57.